The van der Waals surface area contributed by atoms with Gasteiger partial charge in [-0.15, -0.1) is 0 Å². The third-order valence-corrected chi connectivity index (χ3v) is 2.56. The Hall–Kier alpha value is -0.530. The quantitative estimate of drug-likeness (QED) is 0.677. The Bertz CT molecular complexity index is 152. The maximum Gasteiger partial charge on any atom is 0.220 e. The second-order valence-electron chi connectivity index (χ2n) is 4.37. The average molecular weight is 185 g/mol. The molecule has 0 aromatic heterocycles. The van der Waals surface area contributed by atoms with Crippen LogP contribution in [0.3, 0.4) is 0 Å². The van der Waals surface area contributed by atoms with Crippen molar-refractivity contribution >= 4 is 5.91 Å². The van der Waals surface area contributed by atoms with E-state index in [4.69, 9.17) is 0 Å². The van der Waals surface area contributed by atoms with Crippen LogP contribution in [-0.4, -0.2) is 12.5 Å². The highest BCUT2D eigenvalue weighted by Crippen LogP contribution is 2.25. The summed E-state index contributed by atoms with van der Waals surface area (Å²) in [6.45, 7) is 9.46. The number of carbonyl (C=O) groups excluding carboxylic acids is 1. The van der Waals surface area contributed by atoms with Gasteiger partial charge in [0.25, 0.3) is 0 Å². The van der Waals surface area contributed by atoms with Gasteiger partial charge in [0.2, 0.25) is 5.91 Å². The predicted molar refractivity (Wildman–Crippen MR) is 56.6 cm³/mol. The maximum absolute atomic E-state index is 11.3. The Morgan fingerprint density at radius 1 is 1.31 bits per heavy atom. The van der Waals surface area contributed by atoms with Crippen LogP contribution in [0.2, 0.25) is 0 Å². The fourth-order valence-electron chi connectivity index (χ4n) is 0.982. The number of nitrogens with one attached hydrogen (secondary N) is 1. The van der Waals surface area contributed by atoms with Crippen LogP contribution in [-0.2, 0) is 4.79 Å². The van der Waals surface area contributed by atoms with Crippen molar-refractivity contribution < 1.29 is 4.79 Å². The van der Waals surface area contributed by atoms with Crippen molar-refractivity contribution in [2.45, 2.75) is 53.4 Å². The zero-order valence-corrected chi connectivity index (χ0v) is 9.44. The maximum atomic E-state index is 11.3. The lowest BCUT2D eigenvalue weighted by atomic mass is 9.85. The van der Waals surface area contributed by atoms with E-state index in [-0.39, 0.29) is 5.91 Å². The molecule has 2 nitrogen and oxygen atoms in total. The molecule has 0 aromatic carbocycles. The first-order valence-corrected chi connectivity index (χ1v) is 5.28. The summed E-state index contributed by atoms with van der Waals surface area (Å²) in [7, 11) is 0. The summed E-state index contributed by atoms with van der Waals surface area (Å²) in [5.74, 6) is 0.198. The van der Waals surface area contributed by atoms with E-state index >= 15 is 0 Å². The molecule has 1 amide bonds. The van der Waals surface area contributed by atoms with Crippen molar-refractivity contribution in [3.05, 3.63) is 0 Å². The standard InChI is InChI=1S/C11H23NO/c1-5-9-12-10(13)7-8-11(3,4)6-2/h5-9H2,1-4H3,(H,12,13). The molecule has 0 atom stereocenters. The molecular weight excluding hydrogens is 162 g/mol. The molecule has 0 aliphatic heterocycles. The van der Waals surface area contributed by atoms with Crippen LogP contribution < -0.4 is 5.32 Å². The summed E-state index contributed by atoms with van der Waals surface area (Å²) in [4.78, 5) is 11.3. The number of carbonyl (C=O) groups is 1. The van der Waals surface area contributed by atoms with Crippen molar-refractivity contribution in [3.8, 4) is 0 Å². The second-order valence-corrected chi connectivity index (χ2v) is 4.37. The normalized spacial score (nSPS) is 11.4. The number of hydrogen-bond donors (Lipinski definition) is 1. The largest absolute Gasteiger partial charge is 0.356 e. The van der Waals surface area contributed by atoms with E-state index < -0.39 is 0 Å². The molecule has 13 heavy (non-hydrogen) atoms. The first-order valence-electron chi connectivity index (χ1n) is 5.28. The molecule has 1 N–H and O–H groups in total. The average Bonchev–Trinajstić information content (AvgIpc) is 2.11. The molecule has 0 aliphatic carbocycles. The Labute approximate surface area is 82.1 Å². The van der Waals surface area contributed by atoms with Crippen LogP contribution in [0, 0.1) is 5.41 Å². The monoisotopic (exact) mass is 185 g/mol. The molecule has 2 heteroatoms. The van der Waals surface area contributed by atoms with Gasteiger partial charge in [-0.25, -0.2) is 0 Å². The van der Waals surface area contributed by atoms with Crippen molar-refractivity contribution in [1.29, 1.82) is 0 Å². The minimum Gasteiger partial charge on any atom is -0.356 e. The van der Waals surface area contributed by atoms with Gasteiger partial charge >= 0.3 is 0 Å². The van der Waals surface area contributed by atoms with Crippen molar-refractivity contribution in [3.63, 3.8) is 0 Å². The minimum atomic E-state index is 0.198. The van der Waals surface area contributed by atoms with Crippen molar-refractivity contribution in [2.24, 2.45) is 5.41 Å². The van der Waals surface area contributed by atoms with E-state index in [1.54, 1.807) is 0 Å². The fourth-order valence-corrected chi connectivity index (χ4v) is 0.982. The first-order chi connectivity index (χ1) is 6.02. The van der Waals surface area contributed by atoms with E-state index in [9.17, 15) is 4.79 Å². The highest BCUT2D eigenvalue weighted by molar-refractivity contribution is 5.75. The molecule has 0 fully saturated rings. The number of amides is 1. The molecule has 0 saturated heterocycles. The lowest BCUT2D eigenvalue weighted by Crippen LogP contribution is -2.25. The van der Waals surface area contributed by atoms with Crippen LogP contribution in [0.25, 0.3) is 0 Å². The first kappa shape index (κ1) is 12.5. The second kappa shape index (κ2) is 6.01. The molecule has 0 radical (unpaired) electrons. The Kier molecular flexibility index (Phi) is 5.76. The molecule has 0 rings (SSSR count). The van der Waals surface area contributed by atoms with Gasteiger partial charge in [0.15, 0.2) is 0 Å². The summed E-state index contributed by atoms with van der Waals surface area (Å²) in [5, 5.41) is 2.89. The number of hydrogen-bond acceptors (Lipinski definition) is 1. The van der Waals surface area contributed by atoms with Gasteiger partial charge < -0.3 is 5.32 Å². The molecule has 0 spiro atoms. The molecule has 78 valence electrons. The summed E-state index contributed by atoms with van der Waals surface area (Å²) < 4.78 is 0. The smallest absolute Gasteiger partial charge is 0.220 e. The SMILES string of the molecule is CCCNC(=O)CCC(C)(C)CC. The van der Waals surface area contributed by atoms with Gasteiger partial charge in [-0.05, 0) is 18.3 Å². The van der Waals surface area contributed by atoms with Crippen LogP contribution >= 0.6 is 0 Å². The Balaban J connectivity index is 3.57. The Morgan fingerprint density at radius 3 is 2.38 bits per heavy atom. The Morgan fingerprint density at radius 2 is 1.92 bits per heavy atom. The third-order valence-electron chi connectivity index (χ3n) is 2.56. The van der Waals surface area contributed by atoms with Gasteiger partial charge in [0.05, 0.1) is 0 Å². The number of rotatable bonds is 6. The summed E-state index contributed by atoms with van der Waals surface area (Å²) in [5.41, 5.74) is 0.309. The molecule has 0 aliphatic rings. The summed E-state index contributed by atoms with van der Waals surface area (Å²) >= 11 is 0. The van der Waals surface area contributed by atoms with Gasteiger partial charge in [0, 0.05) is 13.0 Å². The van der Waals surface area contributed by atoms with Crippen molar-refractivity contribution in [2.75, 3.05) is 6.54 Å². The molecule has 0 saturated carbocycles. The van der Waals surface area contributed by atoms with Crippen LogP contribution in [0.4, 0.5) is 0 Å². The molecule has 0 heterocycles. The van der Waals surface area contributed by atoms with Gasteiger partial charge in [-0.2, -0.15) is 0 Å². The lowest BCUT2D eigenvalue weighted by molar-refractivity contribution is -0.121. The van der Waals surface area contributed by atoms with E-state index in [0.717, 1.165) is 25.8 Å². The molecule has 0 bridgehead atoms. The molecule has 0 aromatic rings. The zero-order chi connectivity index (χ0) is 10.3. The minimum absolute atomic E-state index is 0.198. The van der Waals surface area contributed by atoms with E-state index in [1.165, 1.54) is 0 Å². The topological polar surface area (TPSA) is 29.1 Å². The van der Waals surface area contributed by atoms with E-state index in [1.807, 2.05) is 0 Å². The van der Waals surface area contributed by atoms with E-state index in [2.05, 4.69) is 33.0 Å². The van der Waals surface area contributed by atoms with Gasteiger partial charge in [-0.3, -0.25) is 4.79 Å². The lowest BCUT2D eigenvalue weighted by Gasteiger charge is -2.21. The molecule has 0 unspecified atom stereocenters. The predicted octanol–water partition coefficient (Wildman–Crippen LogP) is 2.73. The zero-order valence-electron chi connectivity index (χ0n) is 9.44. The van der Waals surface area contributed by atoms with Crippen molar-refractivity contribution in [1.82, 2.24) is 5.32 Å². The third kappa shape index (κ3) is 6.62. The van der Waals surface area contributed by atoms with Crippen LogP contribution in [0.15, 0.2) is 0 Å². The fraction of sp³-hybridized carbons (Fsp3) is 0.909. The summed E-state index contributed by atoms with van der Waals surface area (Å²) in [6, 6.07) is 0. The highest BCUT2D eigenvalue weighted by atomic mass is 16.1. The van der Waals surface area contributed by atoms with Gasteiger partial charge in [0.1, 0.15) is 0 Å². The summed E-state index contributed by atoms with van der Waals surface area (Å²) in [6.07, 6.45) is 3.80. The highest BCUT2D eigenvalue weighted by Gasteiger charge is 2.16. The van der Waals surface area contributed by atoms with E-state index in [0.29, 0.717) is 11.8 Å². The van der Waals surface area contributed by atoms with Gasteiger partial charge in [-0.1, -0.05) is 34.1 Å². The van der Waals surface area contributed by atoms with Crippen LogP contribution in [0.5, 0.6) is 0 Å². The van der Waals surface area contributed by atoms with Crippen LogP contribution in [0.1, 0.15) is 53.4 Å². The molecular formula is C11H23NO.